The molecule has 2 rings (SSSR count). The summed E-state index contributed by atoms with van der Waals surface area (Å²) in [5.41, 5.74) is -3.16. The molecular weight excluding hydrogens is 619 g/mol. The monoisotopic (exact) mass is 651 g/mol. The number of esters is 1. The Hall–Kier alpha value is -1.23. The Morgan fingerprint density at radius 2 is 1.98 bits per heavy atom. The Kier molecular flexibility index (Phi) is 12.1. The smallest absolute Gasteiger partial charge is 0.330 e. The number of halogens is 3. The van der Waals surface area contributed by atoms with Gasteiger partial charge in [0, 0.05) is 11.2 Å². The Morgan fingerprint density at radius 3 is 2.55 bits per heavy atom. The van der Waals surface area contributed by atoms with Gasteiger partial charge in [-0.2, -0.15) is 4.39 Å². The summed E-state index contributed by atoms with van der Waals surface area (Å²) in [4.78, 5) is 49.6. The van der Waals surface area contributed by atoms with Crippen molar-refractivity contribution in [2.75, 3.05) is 19.0 Å². The largest absolute Gasteiger partial charge is 0.462 e. The average molecular weight is 652 g/mol. The molecule has 0 aromatic carbocycles. The van der Waals surface area contributed by atoms with E-state index in [1.165, 1.54) is 6.92 Å². The molecule has 1 aliphatic rings. The first kappa shape index (κ1) is 35.0. The summed E-state index contributed by atoms with van der Waals surface area (Å²) in [7, 11) is 0. The van der Waals surface area contributed by atoms with Gasteiger partial charge in [0.1, 0.15) is 18.2 Å². The van der Waals surface area contributed by atoms with Crippen molar-refractivity contribution in [3.63, 3.8) is 0 Å². The predicted molar refractivity (Wildman–Crippen MR) is 148 cm³/mol. The molecule has 1 saturated heterocycles. The number of nitrogens with one attached hydrogen (secondary N) is 2. The molecule has 1 aromatic rings. The number of ether oxygens (including phenoxy) is 2. The minimum atomic E-state index is -3.58. The van der Waals surface area contributed by atoms with E-state index in [2.05, 4.69) is 5.09 Å². The zero-order valence-corrected chi connectivity index (χ0v) is 25.9. The number of hydrogen-bond acceptors (Lipinski definition) is 11. The van der Waals surface area contributed by atoms with Crippen LogP contribution in [0.15, 0.2) is 15.8 Å². The molecule has 0 bridgehead atoms. The van der Waals surface area contributed by atoms with Crippen LogP contribution in [0.2, 0.25) is 0 Å². The molecule has 18 heteroatoms. The van der Waals surface area contributed by atoms with Crippen molar-refractivity contribution in [3.8, 4) is 0 Å². The molecule has 1 aliphatic heterocycles. The van der Waals surface area contributed by atoms with E-state index in [4.69, 9.17) is 41.9 Å². The molecule has 2 heterocycles. The van der Waals surface area contributed by atoms with E-state index in [1.54, 1.807) is 39.6 Å². The molecule has 0 aliphatic carbocycles. The fourth-order valence-electron chi connectivity index (χ4n) is 3.16. The van der Waals surface area contributed by atoms with E-state index in [0.29, 0.717) is 10.8 Å². The van der Waals surface area contributed by atoms with E-state index >= 15 is 4.39 Å². The van der Waals surface area contributed by atoms with Gasteiger partial charge in [-0.25, -0.2) is 14.3 Å². The first-order valence-electron chi connectivity index (χ1n) is 12.1. The van der Waals surface area contributed by atoms with Gasteiger partial charge in [-0.3, -0.25) is 23.9 Å². The molecule has 0 saturated carbocycles. The van der Waals surface area contributed by atoms with Gasteiger partial charge in [-0.15, -0.1) is 0 Å². The summed E-state index contributed by atoms with van der Waals surface area (Å²) in [6.45, 7) is 5.75. The van der Waals surface area contributed by atoms with Crippen molar-refractivity contribution in [1.29, 1.82) is 0 Å². The molecular formula is C22H33ClF2N3O9PS2. The number of aromatic nitrogens is 2. The molecule has 0 radical (unpaired) electrons. The van der Waals surface area contributed by atoms with Crippen LogP contribution in [0.3, 0.4) is 0 Å². The third-order valence-corrected chi connectivity index (χ3v) is 9.53. The molecule has 1 aromatic heterocycles. The highest BCUT2D eigenvalue weighted by Gasteiger charge is 2.58. The second-order valence-corrected chi connectivity index (χ2v) is 15.0. The van der Waals surface area contributed by atoms with Crippen LogP contribution in [0, 0.1) is 11.2 Å². The van der Waals surface area contributed by atoms with Crippen molar-refractivity contribution >= 4 is 52.9 Å². The van der Waals surface area contributed by atoms with Crippen LogP contribution in [0.4, 0.5) is 8.78 Å². The van der Waals surface area contributed by atoms with Crippen molar-refractivity contribution < 1.29 is 42.0 Å². The molecule has 228 valence electrons. The number of carbonyl (C=O) groups is 2. The number of thioether (sulfide) groups is 1. The van der Waals surface area contributed by atoms with Gasteiger partial charge in [0.05, 0.1) is 25.5 Å². The number of aromatic amines is 1. The summed E-state index contributed by atoms with van der Waals surface area (Å²) in [5, 5.41) is 10.0. The maximum absolute atomic E-state index is 15.3. The number of alkyl halides is 2. The zero-order valence-electron chi connectivity index (χ0n) is 22.6. The van der Waals surface area contributed by atoms with Crippen molar-refractivity contribution in [3.05, 3.63) is 32.9 Å². The van der Waals surface area contributed by atoms with Crippen LogP contribution in [-0.2, 0) is 39.9 Å². The predicted octanol–water partition coefficient (Wildman–Crippen LogP) is 2.33. The Morgan fingerprint density at radius 1 is 1.35 bits per heavy atom. The van der Waals surface area contributed by atoms with Gasteiger partial charge < -0.3 is 23.6 Å². The normalized spacial score (nSPS) is 25.5. The topological polar surface area (TPSA) is 158 Å². The second kappa shape index (κ2) is 13.8. The fraction of sp³-hybridized carbons (Fsp3) is 0.727. The van der Waals surface area contributed by atoms with Gasteiger partial charge in [0.15, 0.2) is 11.3 Å². The van der Waals surface area contributed by atoms with Gasteiger partial charge in [0.25, 0.3) is 17.3 Å². The van der Waals surface area contributed by atoms with E-state index in [9.17, 15) is 28.7 Å². The molecule has 6 atom stereocenters. The number of aliphatic hydroxyl groups is 1. The van der Waals surface area contributed by atoms with Crippen LogP contribution in [0.5, 0.6) is 0 Å². The van der Waals surface area contributed by atoms with Gasteiger partial charge in [-0.05, 0) is 32.6 Å². The van der Waals surface area contributed by atoms with E-state index in [-0.39, 0.29) is 17.5 Å². The first-order valence-corrected chi connectivity index (χ1v) is 16.1. The van der Waals surface area contributed by atoms with Crippen LogP contribution >= 0.6 is 30.0 Å². The third-order valence-electron chi connectivity index (χ3n) is 5.21. The Labute approximate surface area is 243 Å². The second-order valence-electron chi connectivity index (χ2n) is 10.1. The van der Waals surface area contributed by atoms with Crippen molar-refractivity contribution in [2.45, 2.75) is 77.3 Å². The van der Waals surface area contributed by atoms with Gasteiger partial charge >= 0.3 is 11.7 Å². The van der Waals surface area contributed by atoms with Crippen LogP contribution in [0.1, 0.15) is 47.8 Å². The number of H-pyrrole nitrogens is 1. The zero-order chi connectivity index (χ0) is 30.6. The van der Waals surface area contributed by atoms with Crippen molar-refractivity contribution in [2.24, 2.45) is 5.41 Å². The summed E-state index contributed by atoms with van der Waals surface area (Å²) in [6.07, 6.45) is -5.72. The summed E-state index contributed by atoms with van der Waals surface area (Å²) in [5.74, 6) is -1.87. The fourth-order valence-corrected chi connectivity index (χ4v) is 6.72. The first-order chi connectivity index (χ1) is 18.3. The molecule has 0 unspecified atom stereocenters. The Balaban J connectivity index is 2.19. The highest BCUT2D eigenvalue weighted by Crippen LogP contribution is 2.48. The highest BCUT2D eigenvalue weighted by molar-refractivity contribution is 8.13. The molecule has 12 nitrogen and oxygen atoms in total. The summed E-state index contributed by atoms with van der Waals surface area (Å²) in [6, 6.07) is -1.00. The lowest BCUT2D eigenvalue weighted by Crippen LogP contribution is -2.42. The minimum Gasteiger partial charge on any atom is -0.462 e. The number of rotatable bonds is 12. The van der Waals surface area contributed by atoms with Crippen LogP contribution in [-0.4, -0.2) is 74.2 Å². The lowest BCUT2D eigenvalue weighted by atomic mass is 10.00. The molecule has 40 heavy (non-hydrogen) atoms. The molecule has 0 spiro atoms. The minimum absolute atomic E-state index is 0.0754. The quantitative estimate of drug-likeness (QED) is 0.131. The standard InChI is InChI=1S/C22H33ClF2N3O9PS2/c1-11(2)36-17(31)12(3)27-38(39,34-7-8-40-19(32)21(4,5)6)35-10-14-15(29)22(23,25)18(37-14)28-9-13(24)16(30)26-20(28)33/h9,11-12,14-15,18,29H,7-8,10H2,1-6H3,(H,27,39)(H,26,30,33)/t12-,14+,15+,18+,22+,38+/m0/s1. The maximum Gasteiger partial charge on any atom is 0.330 e. The summed E-state index contributed by atoms with van der Waals surface area (Å²) >= 11 is 12.4. The van der Waals surface area contributed by atoms with E-state index in [1.807, 2.05) is 0 Å². The lowest BCUT2D eigenvalue weighted by Gasteiger charge is -2.28. The summed E-state index contributed by atoms with van der Waals surface area (Å²) < 4.78 is 51.4. The van der Waals surface area contributed by atoms with E-state index in [0.717, 1.165) is 11.8 Å². The van der Waals surface area contributed by atoms with Crippen LogP contribution in [0.25, 0.3) is 0 Å². The van der Waals surface area contributed by atoms with E-state index < -0.39 is 77.4 Å². The van der Waals surface area contributed by atoms with Crippen molar-refractivity contribution in [1.82, 2.24) is 14.6 Å². The SMILES string of the molecule is CC(C)OC(=O)[C@H](C)N[P@@](=S)(OCCSC(=O)C(C)(C)C)OC[C@H]1O[C@@H](n2cc(F)c(=O)[nH]c2=O)[C@@](F)(Cl)[C@@H]1O. The lowest BCUT2D eigenvalue weighted by molar-refractivity contribution is -0.149. The number of carbonyl (C=O) groups excluding carboxylic acids is 2. The Bertz CT molecular complexity index is 1240. The molecule has 0 amide bonds. The molecule has 3 N–H and O–H groups in total. The number of nitrogens with zero attached hydrogens (tertiary/aromatic N) is 1. The molecule has 1 fully saturated rings. The third kappa shape index (κ3) is 9.13. The average Bonchev–Trinajstić information content (AvgIpc) is 3.05. The number of aliphatic hydroxyl groups excluding tert-OH is 1. The van der Waals surface area contributed by atoms with Crippen LogP contribution < -0.4 is 16.3 Å². The highest BCUT2D eigenvalue weighted by atomic mass is 35.5. The van der Waals surface area contributed by atoms with Gasteiger partial charge in [0.2, 0.25) is 5.82 Å². The maximum atomic E-state index is 15.3. The van der Waals surface area contributed by atoms with Gasteiger partial charge in [-0.1, -0.05) is 44.1 Å². The number of hydrogen-bond donors (Lipinski definition) is 3.